The highest BCUT2D eigenvalue weighted by molar-refractivity contribution is 14.0. The average Bonchev–Trinajstić information content (AvgIpc) is 3.27. The Morgan fingerprint density at radius 3 is 2.57 bits per heavy atom. The lowest BCUT2D eigenvalue weighted by Crippen LogP contribution is -2.48. The number of nitrogens with one attached hydrogen (secondary N) is 3. The Bertz CT molecular complexity index is 792. The Morgan fingerprint density at radius 2 is 1.93 bits per heavy atom. The molecular formula is C21H29ClIN5OS. The minimum atomic E-state index is -0.115. The highest BCUT2D eigenvalue weighted by Gasteiger charge is 2.20. The van der Waals surface area contributed by atoms with Gasteiger partial charge in [0.25, 0.3) is 5.91 Å². The number of piperidine rings is 1. The molecule has 3 N–H and O–H groups in total. The second kappa shape index (κ2) is 13.0. The van der Waals surface area contributed by atoms with Gasteiger partial charge in [-0.1, -0.05) is 11.6 Å². The van der Waals surface area contributed by atoms with Gasteiger partial charge in [0.15, 0.2) is 5.96 Å². The monoisotopic (exact) mass is 561 g/mol. The number of thiophene rings is 1. The average molecular weight is 562 g/mol. The molecule has 0 unspecified atom stereocenters. The van der Waals surface area contributed by atoms with Crippen LogP contribution in [-0.4, -0.2) is 50.6 Å². The summed E-state index contributed by atoms with van der Waals surface area (Å²) in [5.74, 6) is 0.693. The third-order valence-electron chi connectivity index (χ3n) is 4.77. The van der Waals surface area contributed by atoms with E-state index in [4.69, 9.17) is 11.6 Å². The number of hydrogen-bond donors (Lipinski definition) is 3. The highest BCUT2D eigenvalue weighted by atomic mass is 127. The van der Waals surface area contributed by atoms with E-state index < -0.39 is 0 Å². The lowest BCUT2D eigenvalue weighted by atomic mass is 10.1. The zero-order chi connectivity index (χ0) is 20.5. The van der Waals surface area contributed by atoms with Gasteiger partial charge in [-0.25, -0.2) is 0 Å². The van der Waals surface area contributed by atoms with Crippen molar-refractivity contribution in [2.24, 2.45) is 4.99 Å². The first kappa shape index (κ1) is 24.7. The number of amides is 1. The van der Waals surface area contributed by atoms with Gasteiger partial charge in [-0.05, 0) is 61.5 Å². The molecule has 30 heavy (non-hydrogen) atoms. The highest BCUT2D eigenvalue weighted by Crippen LogP contribution is 2.24. The van der Waals surface area contributed by atoms with Crippen molar-refractivity contribution in [2.75, 3.05) is 37.6 Å². The molecule has 0 saturated carbocycles. The number of carbonyl (C=O) groups excluding carboxylic acids is 1. The molecule has 0 bridgehead atoms. The fourth-order valence-corrected chi connectivity index (χ4v) is 4.16. The largest absolute Gasteiger partial charge is 0.363 e. The van der Waals surface area contributed by atoms with Gasteiger partial charge in [-0.15, -0.1) is 35.3 Å². The predicted molar refractivity (Wildman–Crippen MR) is 138 cm³/mol. The Labute approximate surface area is 204 Å². The van der Waals surface area contributed by atoms with Crippen LogP contribution in [0.25, 0.3) is 0 Å². The van der Waals surface area contributed by atoms with Crippen molar-refractivity contribution in [3.8, 4) is 0 Å². The second-order valence-corrected chi connectivity index (χ2v) is 8.24. The van der Waals surface area contributed by atoms with Crippen LogP contribution in [0.1, 0.15) is 30.1 Å². The van der Waals surface area contributed by atoms with Crippen molar-refractivity contribution in [2.45, 2.75) is 25.8 Å². The van der Waals surface area contributed by atoms with Crippen molar-refractivity contribution in [3.05, 3.63) is 52.4 Å². The lowest BCUT2D eigenvalue weighted by molar-refractivity contribution is 0.0955. The van der Waals surface area contributed by atoms with Gasteiger partial charge in [0.05, 0.1) is 11.5 Å². The summed E-state index contributed by atoms with van der Waals surface area (Å²) >= 11 is 7.65. The van der Waals surface area contributed by atoms with Gasteiger partial charge in [-0.3, -0.25) is 9.79 Å². The van der Waals surface area contributed by atoms with E-state index in [0.717, 1.165) is 38.4 Å². The van der Waals surface area contributed by atoms with Gasteiger partial charge in [0.1, 0.15) is 0 Å². The molecule has 1 aromatic heterocycles. The molecule has 0 atom stereocenters. The molecule has 1 aromatic carbocycles. The number of nitrogens with zero attached hydrogens (tertiary/aromatic N) is 2. The van der Waals surface area contributed by atoms with Crippen LogP contribution in [0.4, 0.5) is 5.00 Å². The summed E-state index contributed by atoms with van der Waals surface area (Å²) in [6.07, 6.45) is 2.16. The van der Waals surface area contributed by atoms with Crippen molar-refractivity contribution < 1.29 is 4.79 Å². The Kier molecular flexibility index (Phi) is 10.7. The number of aliphatic imine (C=N–C) groups is 1. The summed E-state index contributed by atoms with van der Waals surface area (Å²) in [5.41, 5.74) is 0.598. The summed E-state index contributed by atoms with van der Waals surface area (Å²) in [5, 5.41) is 13.8. The van der Waals surface area contributed by atoms with Crippen LogP contribution in [0.5, 0.6) is 0 Å². The summed E-state index contributed by atoms with van der Waals surface area (Å²) in [6.45, 7) is 5.96. The van der Waals surface area contributed by atoms with Crippen molar-refractivity contribution in [1.82, 2.24) is 16.0 Å². The van der Waals surface area contributed by atoms with Gasteiger partial charge >= 0.3 is 0 Å². The maximum absolute atomic E-state index is 12.1. The molecule has 3 rings (SSSR count). The van der Waals surface area contributed by atoms with Crippen LogP contribution in [0.2, 0.25) is 5.02 Å². The Hall–Kier alpha value is -1.52. The van der Waals surface area contributed by atoms with Crippen LogP contribution < -0.4 is 20.9 Å². The topological polar surface area (TPSA) is 68.8 Å². The number of anilines is 1. The third-order valence-corrected chi connectivity index (χ3v) is 5.95. The number of benzene rings is 1. The molecule has 0 aliphatic carbocycles. The molecule has 1 saturated heterocycles. The van der Waals surface area contributed by atoms with E-state index in [1.165, 1.54) is 5.00 Å². The number of carbonyl (C=O) groups is 1. The molecule has 9 heteroatoms. The van der Waals surface area contributed by atoms with Crippen molar-refractivity contribution >= 4 is 63.8 Å². The number of hydrogen-bond acceptors (Lipinski definition) is 4. The predicted octanol–water partition coefficient (Wildman–Crippen LogP) is 3.97. The molecular weight excluding hydrogens is 533 g/mol. The molecule has 164 valence electrons. The van der Waals surface area contributed by atoms with E-state index in [1.807, 2.05) is 0 Å². The molecule has 2 heterocycles. The normalized spacial score (nSPS) is 14.7. The first-order valence-corrected chi connectivity index (χ1v) is 11.3. The van der Waals surface area contributed by atoms with Gasteiger partial charge < -0.3 is 20.9 Å². The zero-order valence-electron chi connectivity index (χ0n) is 17.1. The van der Waals surface area contributed by atoms with E-state index in [1.54, 1.807) is 35.6 Å². The van der Waals surface area contributed by atoms with Gasteiger partial charge in [-0.2, -0.15) is 0 Å². The maximum Gasteiger partial charge on any atom is 0.251 e. The minimum Gasteiger partial charge on any atom is -0.363 e. The molecule has 1 amide bonds. The lowest BCUT2D eigenvalue weighted by Gasteiger charge is -2.33. The third kappa shape index (κ3) is 7.63. The van der Waals surface area contributed by atoms with E-state index in [0.29, 0.717) is 29.7 Å². The summed E-state index contributed by atoms with van der Waals surface area (Å²) in [4.78, 5) is 19.2. The Balaban J connectivity index is 0.00000320. The van der Waals surface area contributed by atoms with Crippen LogP contribution in [0.3, 0.4) is 0 Å². The standard InChI is InChI=1S/C21H28ClN5OS.HI/c1-2-23-21(25-12-11-24-20(28)16-5-7-17(22)8-6-16)26-18-9-13-27(14-10-18)19-4-3-15-29-19;/h3-8,15,18H,2,9-14H2,1H3,(H,24,28)(H2,23,25,26);1H. The summed E-state index contributed by atoms with van der Waals surface area (Å²) in [7, 11) is 0. The van der Waals surface area contributed by atoms with E-state index >= 15 is 0 Å². The molecule has 0 radical (unpaired) electrons. The SMILES string of the molecule is CCNC(=NCCNC(=O)c1ccc(Cl)cc1)NC1CCN(c2cccs2)CC1.I. The van der Waals surface area contributed by atoms with Crippen LogP contribution >= 0.6 is 46.9 Å². The quantitative estimate of drug-likeness (QED) is 0.207. The second-order valence-electron chi connectivity index (χ2n) is 6.88. The fraction of sp³-hybridized carbons (Fsp3) is 0.429. The van der Waals surface area contributed by atoms with E-state index in [-0.39, 0.29) is 29.9 Å². The smallest absolute Gasteiger partial charge is 0.251 e. The van der Waals surface area contributed by atoms with Gasteiger partial charge in [0, 0.05) is 42.8 Å². The van der Waals surface area contributed by atoms with Crippen molar-refractivity contribution in [1.29, 1.82) is 0 Å². The summed E-state index contributed by atoms with van der Waals surface area (Å²) in [6, 6.07) is 11.6. The van der Waals surface area contributed by atoms with Crippen LogP contribution in [-0.2, 0) is 0 Å². The molecule has 6 nitrogen and oxygen atoms in total. The summed E-state index contributed by atoms with van der Waals surface area (Å²) < 4.78 is 0. The van der Waals surface area contributed by atoms with Crippen LogP contribution in [0, 0.1) is 0 Å². The Morgan fingerprint density at radius 1 is 1.20 bits per heavy atom. The zero-order valence-corrected chi connectivity index (χ0v) is 21.0. The molecule has 2 aromatic rings. The van der Waals surface area contributed by atoms with Gasteiger partial charge in [0.2, 0.25) is 0 Å². The first-order chi connectivity index (χ1) is 14.2. The van der Waals surface area contributed by atoms with E-state index in [2.05, 4.69) is 50.3 Å². The minimum absolute atomic E-state index is 0. The van der Waals surface area contributed by atoms with Crippen LogP contribution in [0.15, 0.2) is 46.8 Å². The molecule has 1 aliphatic rings. The van der Waals surface area contributed by atoms with Crippen molar-refractivity contribution in [3.63, 3.8) is 0 Å². The molecule has 0 spiro atoms. The maximum atomic E-state index is 12.1. The van der Waals surface area contributed by atoms with E-state index in [9.17, 15) is 4.79 Å². The fourth-order valence-electron chi connectivity index (χ4n) is 3.25. The number of rotatable bonds is 7. The molecule has 1 aliphatic heterocycles. The number of halogens is 2. The number of guanidine groups is 1. The molecule has 1 fully saturated rings. The first-order valence-electron chi connectivity index (χ1n) is 10.0.